The number of benzene rings is 1. The summed E-state index contributed by atoms with van der Waals surface area (Å²) >= 11 is 0. The lowest BCUT2D eigenvalue weighted by Gasteiger charge is -2.08. The largest absolute Gasteiger partial charge is 0.478 e. The van der Waals surface area contributed by atoms with Gasteiger partial charge in [-0.3, -0.25) is 0 Å². The van der Waals surface area contributed by atoms with Crippen LogP contribution in [0, 0.1) is 11.3 Å². The molecule has 0 heterocycles. The Labute approximate surface area is 119 Å². The number of carbonyl (C=O) groups excluding carboxylic acids is 1. The van der Waals surface area contributed by atoms with E-state index >= 15 is 0 Å². The van der Waals surface area contributed by atoms with Gasteiger partial charge in [-0.25, -0.2) is 14.4 Å². The molecule has 21 heavy (non-hydrogen) atoms. The predicted octanol–water partition coefficient (Wildman–Crippen LogP) is 1.55. The number of nitrogens with zero attached hydrogens (tertiary/aromatic N) is 1. The van der Waals surface area contributed by atoms with Gasteiger partial charge in [-0.1, -0.05) is 12.1 Å². The summed E-state index contributed by atoms with van der Waals surface area (Å²) < 4.78 is 4.64. The Morgan fingerprint density at radius 1 is 1.24 bits per heavy atom. The number of aromatic carboxylic acids is 2. The standard InChI is InChI=1S/C14H11NO6/c1-2-21-11(16)6-8(7-15)9-4-3-5-10(13(17)18)12(9)14(19)20/h3-6H,2H2,1H3,(H,17,18)(H,19,20). The molecule has 7 nitrogen and oxygen atoms in total. The molecule has 1 aromatic carbocycles. The summed E-state index contributed by atoms with van der Waals surface area (Å²) in [7, 11) is 0. The van der Waals surface area contributed by atoms with Crippen molar-refractivity contribution in [2.75, 3.05) is 6.61 Å². The van der Waals surface area contributed by atoms with Gasteiger partial charge in [-0.2, -0.15) is 5.26 Å². The maximum atomic E-state index is 11.4. The molecule has 0 amide bonds. The Hall–Kier alpha value is -3.14. The number of allylic oxidation sites excluding steroid dienone is 1. The van der Waals surface area contributed by atoms with Gasteiger partial charge < -0.3 is 14.9 Å². The van der Waals surface area contributed by atoms with Gasteiger partial charge in [0.05, 0.1) is 23.3 Å². The average molecular weight is 289 g/mol. The van der Waals surface area contributed by atoms with E-state index < -0.39 is 29.0 Å². The molecular formula is C14H11NO6. The van der Waals surface area contributed by atoms with Gasteiger partial charge in [-0.15, -0.1) is 0 Å². The minimum absolute atomic E-state index is 0.0923. The monoisotopic (exact) mass is 289 g/mol. The van der Waals surface area contributed by atoms with Crippen LogP contribution in [0.25, 0.3) is 5.57 Å². The SMILES string of the molecule is CCOC(=O)C=C(C#N)c1cccc(C(=O)O)c1C(=O)O. The van der Waals surface area contributed by atoms with Crippen molar-refractivity contribution in [3.63, 3.8) is 0 Å². The first kappa shape index (κ1) is 15.9. The second-order valence-corrected chi connectivity index (χ2v) is 3.76. The first-order valence-electron chi connectivity index (χ1n) is 5.80. The molecule has 0 aliphatic rings. The fourth-order valence-corrected chi connectivity index (χ4v) is 1.66. The van der Waals surface area contributed by atoms with E-state index in [-0.39, 0.29) is 17.7 Å². The van der Waals surface area contributed by atoms with Crippen LogP contribution in [0.1, 0.15) is 33.2 Å². The molecule has 1 rings (SSSR count). The fourth-order valence-electron chi connectivity index (χ4n) is 1.66. The maximum Gasteiger partial charge on any atom is 0.337 e. The van der Waals surface area contributed by atoms with E-state index in [4.69, 9.17) is 15.5 Å². The van der Waals surface area contributed by atoms with Gasteiger partial charge in [0.25, 0.3) is 0 Å². The normalized spacial score (nSPS) is 10.6. The number of carboxylic acid groups (broad SMARTS) is 2. The molecule has 0 aromatic heterocycles. The average Bonchev–Trinajstić information content (AvgIpc) is 2.44. The molecule has 0 bridgehead atoms. The lowest BCUT2D eigenvalue weighted by molar-refractivity contribution is -0.137. The Morgan fingerprint density at radius 2 is 1.86 bits per heavy atom. The molecule has 2 N–H and O–H groups in total. The van der Waals surface area contributed by atoms with Gasteiger partial charge in [0.15, 0.2) is 0 Å². The topological polar surface area (TPSA) is 125 Å². The Kier molecular flexibility index (Phi) is 5.20. The van der Waals surface area contributed by atoms with Crippen LogP contribution in [0.15, 0.2) is 24.3 Å². The fraction of sp³-hybridized carbons (Fsp3) is 0.143. The van der Waals surface area contributed by atoms with Crippen LogP contribution in [0.3, 0.4) is 0 Å². The van der Waals surface area contributed by atoms with Crippen LogP contribution in [0.4, 0.5) is 0 Å². The van der Waals surface area contributed by atoms with E-state index in [1.807, 2.05) is 0 Å². The van der Waals surface area contributed by atoms with Crippen LogP contribution in [0.5, 0.6) is 0 Å². The lowest BCUT2D eigenvalue weighted by atomic mass is 9.95. The second-order valence-electron chi connectivity index (χ2n) is 3.76. The number of carboxylic acids is 2. The van der Waals surface area contributed by atoms with Gasteiger partial charge in [0.2, 0.25) is 0 Å². The number of ether oxygens (including phenoxy) is 1. The van der Waals surface area contributed by atoms with E-state index in [9.17, 15) is 14.4 Å². The maximum absolute atomic E-state index is 11.4. The Balaban J connectivity index is 3.51. The van der Waals surface area contributed by atoms with Crippen molar-refractivity contribution in [1.29, 1.82) is 5.26 Å². The number of esters is 1. The molecule has 0 radical (unpaired) electrons. The summed E-state index contributed by atoms with van der Waals surface area (Å²) in [6, 6.07) is 5.33. The highest BCUT2D eigenvalue weighted by Gasteiger charge is 2.22. The van der Waals surface area contributed by atoms with Crippen LogP contribution in [0.2, 0.25) is 0 Å². The highest BCUT2D eigenvalue weighted by atomic mass is 16.5. The highest BCUT2D eigenvalue weighted by Crippen LogP contribution is 2.23. The molecule has 0 aliphatic heterocycles. The first-order valence-corrected chi connectivity index (χ1v) is 5.80. The van der Waals surface area contributed by atoms with Crippen LogP contribution >= 0.6 is 0 Å². The number of hydrogen-bond acceptors (Lipinski definition) is 5. The summed E-state index contributed by atoms with van der Waals surface area (Å²) in [4.78, 5) is 33.7. The third-order valence-electron chi connectivity index (χ3n) is 2.47. The predicted molar refractivity (Wildman–Crippen MR) is 70.6 cm³/mol. The number of rotatable bonds is 5. The molecular weight excluding hydrogens is 278 g/mol. The Bertz CT molecular complexity index is 669. The smallest absolute Gasteiger partial charge is 0.337 e. The number of hydrogen-bond donors (Lipinski definition) is 2. The molecule has 0 aliphatic carbocycles. The van der Waals surface area contributed by atoms with E-state index in [1.165, 1.54) is 12.1 Å². The molecule has 0 atom stereocenters. The molecule has 1 aromatic rings. The van der Waals surface area contributed by atoms with E-state index in [2.05, 4.69) is 4.74 Å². The van der Waals surface area contributed by atoms with E-state index in [1.54, 1.807) is 13.0 Å². The second kappa shape index (κ2) is 6.86. The van der Waals surface area contributed by atoms with Crippen molar-refractivity contribution < 1.29 is 29.3 Å². The highest BCUT2D eigenvalue weighted by molar-refractivity contribution is 6.07. The minimum Gasteiger partial charge on any atom is -0.478 e. The molecule has 0 saturated heterocycles. The first-order chi connectivity index (χ1) is 9.92. The summed E-state index contributed by atoms with van der Waals surface area (Å²) in [5, 5.41) is 27.2. The zero-order chi connectivity index (χ0) is 16.0. The van der Waals surface area contributed by atoms with Crippen molar-refractivity contribution in [3.05, 3.63) is 41.0 Å². The third-order valence-corrected chi connectivity index (χ3v) is 2.47. The summed E-state index contributed by atoms with van der Waals surface area (Å²) in [5.41, 5.74) is -1.46. The van der Waals surface area contributed by atoms with Crippen molar-refractivity contribution in [2.24, 2.45) is 0 Å². The van der Waals surface area contributed by atoms with Crippen molar-refractivity contribution in [1.82, 2.24) is 0 Å². The summed E-state index contributed by atoms with van der Waals surface area (Å²) in [5.74, 6) is -3.76. The van der Waals surface area contributed by atoms with Crippen LogP contribution < -0.4 is 0 Å². The van der Waals surface area contributed by atoms with Gasteiger partial charge in [0.1, 0.15) is 6.07 Å². The minimum atomic E-state index is -1.51. The van der Waals surface area contributed by atoms with Crippen molar-refractivity contribution in [3.8, 4) is 6.07 Å². The van der Waals surface area contributed by atoms with Crippen LogP contribution in [-0.2, 0) is 9.53 Å². The van der Waals surface area contributed by atoms with E-state index in [0.29, 0.717) is 0 Å². The van der Waals surface area contributed by atoms with E-state index in [0.717, 1.165) is 12.1 Å². The van der Waals surface area contributed by atoms with Gasteiger partial charge in [0, 0.05) is 11.6 Å². The summed E-state index contributed by atoms with van der Waals surface area (Å²) in [6.45, 7) is 1.67. The molecule has 0 fully saturated rings. The molecule has 0 spiro atoms. The number of nitriles is 1. The lowest BCUT2D eigenvalue weighted by Crippen LogP contribution is -2.11. The Morgan fingerprint density at radius 3 is 2.33 bits per heavy atom. The molecule has 108 valence electrons. The molecule has 0 saturated carbocycles. The van der Waals surface area contributed by atoms with Gasteiger partial charge in [-0.05, 0) is 13.0 Å². The molecule has 7 heteroatoms. The van der Waals surface area contributed by atoms with Crippen LogP contribution in [-0.4, -0.2) is 34.7 Å². The van der Waals surface area contributed by atoms with Crippen molar-refractivity contribution >= 4 is 23.5 Å². The van der Waals surface area contributed by atoms with Gasteiger partial charge >= 0.3 is 17.9 Å². The zero-order valence-corrected chi connectivity index (χ0v) is 11.0. The quantitative estimate of drug-likeness (QED) is 0.478. The van der Waals surface area contributed by atoms with Crippen molar-refractivity contribution in [2.45, 2.75) is 6.92 Å². The summed E-state index contributed by atoms with van der Waals surface area (Å²) in [6.07, 6.45) is 0.830. The molecule has 0 unspecified atom stereocenters. The third kappa shape index (κ3) is 3.67. The zero-order valence-electron chi connectivity index (χ0n) is 11.0. The number of carbonyl (C=O) groups is 3.